The van der Waals surface area contributed by atoms with Crippen molar-refractivity contribution in [1.29, 1.82) is 0 Å². The number of nitrogens with zero attached hydrogens (tertiary/aromatic N) is 2. The zero-order valence-corrected chi connectivity index (χ0v) is 50.6. The van der Waals surface area contributed by atoms with Crippen LogP contribution in [0.3, 0.4) is 0 Å². The quantitative estimate of drug-likeness (QED) is 0.0623. The van der Waals surface area contributed by atoms with Gasteiger partial charge in [-0.25, -0.2) is 26.4 Å². The van der Waals surface area contributed by atoms with Gasteiger partial charge in [0, 0.05) is 34.1 Å². The van der Waals surface area contributed by atoms with Gasteiger partial charge in [-0.3, -0.25) is 0 Å². The average Bonchev–Trinajstić information content (AvgIpc) is 1.73. The van der Waals surface area contributed by atoms with Crippen LogP contribution in [0, 0.1) is 23.7 Å². The van der Waals surface area contributed by atoms with Gasteiger partial charge in [0.1, 0.15) is 34.4 Å². The van der Waals surface area contributed by atoms with E-state index in [1.165, 1.54) is 55.6 Å². The van der Waals surface area contributed by atoms with E-state index >= 15 is 0 Å². The Morgan fingerprint density at radius 3 is 1.27 bits per heavy atom. The molecule has 24 heteroatoms. The van der Waals surface area contributed by atoms with E-state index in [2.05, 4.69) is 19.8 Å². The summed E-state index contributed by atoms with van der Waals surface area (Å²) in [7, 11) is -6.01. The topological polar surface area (TPSA) is 221 Å². The van der Waals surface area contributed by atoms with Crippen LogP contribution in [0.25, 0.3) is 44.1 Å². The monoisotopic (exact) mass is 1300 g/mol. The van der Waals surface area contributed by atoms with Gasteiger partial charge in [0.2, 0.25) is 0 Å². The first-order valence-electron chi connectivity index (χ1n) is 30.3. The summed E-state index contributed by atoms with van der Waals surface area (Å²) >= 11 is 0. The first-order valence-corrected chi connectivity index (χ1v) is 33.4. The molecule has 6 aromatic carbocycles. The Labute approximate surface area is 518 Å². The van der Waals surface area contributed by atoms with Crippen molar-refractivity contribution in [2.45, 2.75) is 147 Å². The number of benzene rings is 6. The fraction of sp³-hybridized carbons (Fsp3) is 0.403. The molecule has 6 saturated carbocycles. The molecule has 14 rings (SSSR count). The highest BCUT2D eigenvalue weighted by molar-refractivity contribution is 7.92. The Morgan fingerprint density at radius 1 is 0.516 bits per heavy atom. The summed E-state index contributed by atoms with van der Waals surface area (Å²) in [5.74, 6) is -1.12. The van der Waals surface area contributed by atoms with E-state index in [1.54, 1.807) is 72.8 Å². The summed E-state index contributed by atoms with van der Waals surface area (Å²) in [6.45, 7) is 0.167. The number of rotatable bonds is 18. The van der Waals surface area contributed by atoms with E-state index in [4.69, 9.17) is 23.3 Å². The third-order valence-electron chi connectivity index (χ3n) is 18.8. The smallest absolute Gasteiger partial charge is 0.478 e. The van der Waals surface area contributed by atoms with Crippen molar-refractivity contribution in [1.82, 2.24) is 10.3 Å². The van der Waals surface area contributed by atoms with E-state index in [0.29, 0.717) is 64.7 Å². The molecule has 16 nitrogen and oxygen atoms in total. The summed E-state index contributed by atoms with van der Waals surface area (Å²) in [6, 6.07) is 31.1. The molecule has 0 aliphatic heterocycles. The number of hydrogen-bond acceptors (Lipinski definition) is 15. The molecule has 4 atom stereocenters. The molecule has 1 N–H and O–H groups in total. The van der Waals surface area contributed by atoms with Crippen molar-refractivity contribution in [3.8, 4) is 34.0 Å². The first kappa shape index (κ1) is 62.0. The van der Waals surface area contributed by atoms with Crippen molar-refractivity contribution >= 4 is 53.2 Å². The Bertz CT molecular complexity index is 4300. The number of esters is 1. The average molecular weight is 1300 g/mol. The molecule has 2 aromatic heterocycles. The largest absolute Gasteiger partial charge is 0.573 e. The Balaban J connectivity index is 0.000000167. The fourth-order valence-corrected chi connectivity index (χ4v) is 19.2. The number of carboxylic acid groups (broad SMARTS) is 1. The van der Waals surface area contributed by atoms with Gasteiger partial charge in [0.05, 0.1) is 63.9 Å². The van der Waals surface area contributed by atoms with Crippen LogP contribution in [0.2, 0.25) is 0 Å². The predicted octanol–water partition coefficient (Wildman–Crippen LogP) is 15.1. The molecule has 0 saturated heterocycles. The van der Waals surface area contributed by atoms with E-state index < -0.39 is 54.8 Å². The van der Waals surface area contributed by atoms with Crippen LogP contribution in [0.1, 0.15) is 132 Å². The molecule has 6 fully saturated rings. The molecule has 0 spiro atoms. The van der Waals surface area contributed by atoms with Gasteiger partial charge in [0.25, 0.3) is 0 Å². The minimum Gasteiger partial charge on any atom is -0.478 e. The molecule has 478 valence electrons. The van der Waals surface area contributed by atoms with Crippen LogP contribution >= 0.6 is 0 Å². The third kappa shape index (κ3) is 12.9. The van der Waals surface area contributed by atoms with Crippen LogP contribution in [0.15, 0.2) is 140 Å². The Morgan fingerprint density at radius 2 is 0.890 bits per heavy atom. The van der Waals surface area contributed by atoms with E-state index in [-0.39, 0.29) is 110 Å². The SMILES string of the molecule is COC(=O)c1ccc2cc(S(=O)(=O)C3C4CCC3CC(OCc3c(-c5ccccc5OC(F)(F)F)noc3C3CC3)C4)ccc2c1.O=C(O)c1ccc2cc(S(=O)(=O)C3C4CCC3CC(OCc3c(-c5ccccc5OC(F)(F)F)noc3C3CC3)C4)ccc2c1. The standard InChI is InChI=1S/C34H32F3NO7S.C33H30F3NO7S/c1-42-33(39)24-11-8-21-17-26(13-12-20(21)14-24)46(40,41)32-22-9-10-23(32)16-25(15-22)43-18-28-30(38-45-31(28)19-6-7-19)27-4-2-3-5-29(27)44-34(35,36)37;34-33(35,36)43-28-4-2-1-3-26(28)29-27(30(44-37-29)18-5-6-18)17-42-24-14-21-8-9-22(15-24)31(21)45(40,41)25-12-11-19-13-23(32(38)39)10-7-20(19)16-25/h2-5,8,11-14,17,19,22-23,25,32H,6-7,9-10,15-16,18H2,1H3;1-4,7,10-13,16,18,21-22,24,31H,5-6,8-9,14-15,17H2,(H,38,39). The lowest BCUT2D eigenvalue weighted by molar-refractivity contribution is -0.275. The number of aromatic nitrogens is 2. The van der Waals surface area contributed by atoms with Crippen molar-refractivity contribution < 1.29 is 90.6 Å². The highest BCUT2D eigenvalue weighted by atomic mass is 32.2. The summed E-state index contributed by atoms with van der Waals surface area (Å²) in [5.41, 5.74) is 2.57. The van der Waals surface area contributed by atoms with Crippen molar-refractivity contribution in [3.05, 3.63) is 155 Å². The number of halogens is 6. The number of ether oxygens (including phenoxy) is 5. The van der Waals surface area contributed by atoms with Gasteiger partial charge in [-0.1, -0.05) is 58.8 Å². The highest BCUT2D eigenvalue weighted by Crippen LogP contribution is 2.53. The van der Waals surface area contributed by atoms with Crippen molar-refractivity contribution in [3.63, 3.8) is 0 Å². The maximum Gasteiger partial charge on any atom is 0.573 e. The molecular weight excluding hydrogens is 1230 g/mol. The molecule has 8 aromatic rings. The summed E-state index contributed by atoms with van der Waals surface area (Å²) < 4.78 is 172. The number of alkyl halides is 6. The maximum absolute atomic E-state index is 14.0. The van der Waals surface area contributed by atoms with Crippen molar-refractivity contribution in [2.24, 2.45) is 23.7 Å². The number of carboxylic acids is 1. The predicted molar refractivity (Wildman–Crippen MR) is 317 cm³/mol. The number of para-hydroxylation sites is 2. The van der Waals surface area contributed by atoms with Crippen LogP contribution in [-0.4, -0.2) is 86.7 Å². The number of hydrogen-bond donors (Lipinski definition) is 1. The number of methoxy groups -OCH3 is 1. The van der Waals surface area contributed by atoms with E-state index in [9.17, 15) is 57.9 Å². The van der Waals surface area contributed by atoms with Crippen molar-refractivity contribution in [2.75, 3.05) is 7.11 Å². The lowest BCUT2D eigenvalue weighted by Gasteiger charge is -2.35. The summed E-state index contributed by atoms with van der Waals surface area (Å²) in [6.07, 6.45) is -1.31. The van der Waals surface area contributed by atoms with Gasteiger partial charge in [-0.2, -0.15) is 0 Å². The summed E-state index contributed by atoms with van der Waals surface area (Å²) in [5, 5.41) is 19.3. The lowest BCUT2D eigenvalue weighted by atomic mass is 9.86. The van der Waals surface area contributed by atoms with Crippen LogP contribution in [0.4, 0.5) is 26.3 Å². The Kier molecular flexibility index (Phi) is 16.6. The second-order valence-corrected chi connectivity index (χ2v) is 28.9. The third-order valence-corrected chi connectivity index (χ3v) is 23.6. The molecule has 6 aliphatic carbocycles. The number of carbonyl (C=O) groups excluding carboxylic acids is 1. The number of carbonyl (C=O) groups is 2. The van der Waals surface area contributed by atoms with Gasteiger partial charge < -0.3 is 37.8 Å². The lowest BCUT2D eigenvalue weighted by Crippen LogP contribution is -2.40. The molecule has 0 amide bonds. The fourth-order valence-electron chi connectivity index (χ4n) is 14.4. The number of fused-ring (bicyclic) bond motifs is 6. The first-order chi connectivity index (χ1) is 43.5. The normalized spacial score (nSPS) is 23.2. The molecule has 6 aliphatic rings. The molecule has 4 unspecified atom stereocenters. The minimum absolute atomic E-state index is 0.0789. The second-order valence-electron chi connectivity index (χ2n) is 24.7. The zero-order valence-electron chi connectivity index (χ0n) is 49.0. The van der Waals surface area contributed by atoms with Gasteiger partial charge in [-0.05, 0) is 195 Å². The van der Waals surface area contributed by atoms with E-state index in [1.807, 2.05) is 0 Å². The molecule has 0 radical (unpaired) electrons. The van der Waals surface area contributed by atoms with Gasteiger partial charge in [0.15, 0.2) is 19.7 Å². The second kappa shape index (κ2) is 24.3. The minimum atomic E-state index is -4.87. The summed E-state index contributed by atoms with van der Waals surface area (Å²) in [4.78, 5) is 23.7. The van der Waals surface area contributed by atoms with Gasteiger partial charge >= 0.3 is 24.7 Å². The molecule has 91 heavy (non-hydrogen) atoms. The van der Waals surface area contributed by atoms with E-state index in [0.717, 1.165) is 62.1 Å². The number of sulfone groups is 2. The zero-order chi connectivity index (χ0) is 63.7. The highest BCUT2D eigenvalue weighted by Gasteiger charge is 2.52. The molecule has 4 bridgehead atoms. The van der Waals surface area contributed by atoms with Crippen LogP contribution in [-0.2, 0) is 47.1 Å². The van der Waals surface area contributed by atoms with Crippen LogP contribution in [0.5, 0.6) is 11.5 Å². The molecular formula is C67H62F6N2O14S2. The maximum atomic E-state index is 14.0. The molecule has 2 heterocycles. The number of aromatic carboxylic acids is 1. The van der Waals surface area contributed by atoms with Crippen LogP contribution < -0.4 is 9.47 Å². The van der Waals surface area contributed by atoms with Gasteiger partial charge in [-0.15, -0.1) is 26.3 Å². The Hall–Kier alpha value is -7.80.